The molecule has 134 valence electrons. The summed E-state index contributed by atoms with van der Waals surface area (Å²) in [7, 11) is 0. The van der Waals surface area contributed by atoms with E-state index in [0.29, 0.717) is 19.4 Å². The highest BCUT2D eigenvalue weighted by molar-refractivity contribution is 5.75. The highest BCUT2D eigenvalue weighted by Crippen LogP contribution is 2.12. The molecule has 1 atom stereocenters. The number of nitrogens with one attached hydrogen (secondary N) is 1. The zero-order valence-corrected chi connectivity index (χ0v) is 15.0. The van der Waals surface area contributed by atoms with Crippen LogP contribution in [-0.2, 0) is 11.2 Å². The Hall–Kier alpha value is -2.04. The van der Waals surface area contributed by atoms with Crippen molar-refractivity contribution in [3.8, 4) is 0 Å². The first kappa shape index (κ1) is 20.0. The number of hydrogen-bond acceptors (Lipinski definition) is 2. The molecule has 1 aromatic carbocycles. The van der Waals surface area contributed by atoms with Crippen LogP contribution in [-0.4, -0.2) is 40.6 Å². The smallest absolute Gasteiger partial charge is 0.317 e. The second-order valence-electron chi connectivity index (χ2n) is 6.02. The zero-order chi connectivity index (χ0) is 17.9. The molecule has 0 bridgehead atoms. The molecule has 1 aromatic rings. The lowest BCUT2D eigenvalue weighted by molar-refractivity contribution is -0.137. The Labute approximate surface area is 145 Å². The SMILES string of the molecule is CCC(CC)N(CC)C(=O)NC(CCC(=O)O)Cc1ccccc1. The van der Waals surface area contributed by atoms with Gasteiger partial charge < -0.3 is 15.3 Å². The Bertz CT molecular complexity index is 501. The van der Waals surface area contributed by atoms with Crippen LogP contribution in [0.4, 0.5) is 4.79 Å². The summed E-state index contributed by atoms with van der Waals surface area (Å²) in [6.07, 6.45) is 2.94. The monoisotopic (exact) mass is 334 g/mol. The van der Waals surface area contributed by atoms with Crippen LogP contribution in [0.2, 0.25) is 0 Å². The number of urea groups is 1. The van der Waals surface area contributed by atoms with Crippen LogP contribution in [0.3, 0.4) is 0 Å². The van der Waals surface area contributed by atoms with Crippen LogP contribution in [0.5, 0.6) is 0 Å². The Balaban J connectivity index is 2.78. The highest BCUT2D eigenvalue weighted by atomic mass is 16.4. The predicted molar refractivity (Wildman–Crippen MR) is 96.1 cm³/mol. The van der Waals surface area contributed by atoms with Gasteiger partial charge in [0.05, 0.1) is 0 Å². The second kappa shape index (κ2) is 10.7. The Morgan fingerprint density at radius 2 is 1.75 bits per heavy atom. The van der Waals surface area contributed by atoms with Crippen LogP contribution < -0.4 is 5.32 Å². The van der Waals surface area contributed by atoms with Gasteiger partial charge in [-0.1, -0.05) is 44.2 Å². The van der Waals surface area contributed by atoms with Crippen molar-refractivity contribution >= 4 is 12.0 Å². The third-order valence-electron chi connectivity index (χ3n) is 4.34. The maximum absolute atomic E-state index is 12.6. The van der Waals surface area contributed by atoms with Gasteiger partial charge in [-0.2, -0.15) is 0 Å². The molecule has 0 aliphatic rings. The average molecular weight is 334 g/mol. The Morgan fingerprint density at radius 3 is 2.25 bits per heavy atom. The first-order valence-electron chi connectivity index (χ1n) is 8.84. The highest BCUT2D eigenvalue weighted by Gasteiger charge is 2.22. The van der Waals surface area contributed by atoms with E-state index < -0.39 is 5.97 Å². The summed E-state index contributed by atoms with van der Waals surface area (Å²) in [6.45, 7) is 6.78. The summed E-state index contributed by atoms with van der Waals surface area (Å²) in [4.78, 5) is 25.4. The number of rotatable bonds is 10. The molecule has 0 radical (unpaired) electrons. The molecule has 24 heavy (non-hydrogen) atoms. The van der Waals surface area contributed by atoms with Crippen molar-refractivity contribution in [3.63, 3.8) is 0 Å². The molecular formula is C19H30N2O3. The van der Waals surface area contributed by atoms with E-state index in [1.54, 1.807) is 0 Å². The molecule has 2 N–H and O–H groups in total. The van der Waals surface area contributed by atoms with Crippen molar-refractivity contribution < 1.29 is 14.7 Å². The van der Waals surface area contributed by atoms with Crippen LogP contribution >= 0.6 is 0 Å². The predicted octanol–water partition coefficient (Wildman–Crippen LogP) is 3.68. The molecule has 1 rings (SSSR count). The lowest BCUT2D eigenvalue weighted by Gasteiger charge is -2.31. The Kier molecular flexibility index (Phi) is 8.90. The second-order valence-corrected chi connectivity index (χ2v) is 6.02. The van der Waals surface area contributed by atoms with E-state index in [-0.39, 0.29) is 24.5 Å². The van der Waals surface area contributed by atoms with Gasteiger partial charge in [0.1, 0.15) is 0 Å². The number of amides is 2. The number of nitrogens with zero attached hydrogens (tertiary/aromatic N) is 1. The summed E-state index contributed by atoms with van der Waals surface area (Å²) < 4.78 is 0. The molecule has 0 saturated carbocycles. The molecule has 5 nitrogen and oxygen atoms in total. The molecule has 1 unspecified atom stereocenters. The maximum Gasteiger partial charge on any atom is 0.317 e. The summed E-state index contributed by atoms with van der Waals surface area (Å²) >= 11 is 0. The number of hydrogen-bond donors (Lipinski definition) is 2. The third kappa shape index (κ3) is 6.60. The van der Waals surface area contributed by atoms with E-state index in [4.69, 9.17) is 5.11 Å². The Morgan fingerprint density at radius 1 is 1.12 bits per heavy atom. The number of aliphatic carboxylic acids is 1. The molecule has 0 heterocycles. The van der Waals surface area contributed by atoms with Gasteiger partial charge in [-0.25, -0.2) is 4.79 Å². The molecule has 0 spiro atoms. The minimum atomic E-state index is -0.838. The van der Waals surface area contributed by atoms with E-state index in [9.17, 15) is 9.59 Å². The van der Waals surface area contributed by atoms with Crippen LogP contribution in [0, 0.1) is 0 Å². The lowest BCUT2D eigenvalue weighted by Crippen LogP contribution is -2.49. The standard InChI is InChI=1S/C19H30N2O3/c1-4-17(5-2)21(6-3)19(24)20-16(12-13-18(22)23)14-15-10-8-7-9-11-15/h7-11,16-17H,4-6,12-14H2,1-3H3,(H,20,24)(H,22,23). The van der Waals surface area contributed by atoms with Gasteiger partial charge in [0.25, 0.3) is 0 Å². The van der Waals surface area contributed by atoms with Gasteiger partial charge in [0.2, 0.25) is 0 Å². The van der Waals surface area contributed by atoms with Crippen molar-refractivity contribution in [2.75, 3.05) is 6.54 Å². The van der Waals surface area contributed by atoms with Crippen LogP contribution in [0.1, 0.15) is 52.0 Å². The fraction of sp³-hybridized carbons (Fsp3) is 0.579. The molecular weight excluding hydrogens is 304 g/mol. The van der Waals surface area contributed by atoms with Crippen LogP contribution in [0.25, 0.3) is 0 Å². The van der Waals surface area contributed by atoms with Crippen molar-refractivity contribution in [1.29, 1.82) is 0 Å². The van der Waals surface area contributed by atoms with Gasteiger partial charge in [-0.15, -0.1) is 0 Å². The van der Waals surface area contributed by atoms with Crippen molar-refractivity contribution in [3.05, 3.63) is 35.9 Å². The number of carbonyl (C=O) groups excluding carboxylic acids is 1. The summed E-state index contributed by atoms with van der Waals surface area (Å²) in [5.41, 5.74) is 1.10. The minimum absolute atomic E-state index is 0.0505. The molecule has 0 fully saturated rings. The first-order chi connectivity index (χ1) is 11.5. The maximum atomic E-state index is 12.6. The van der Waals surface area contributed by atoms with Crippen LogP contribution in [0.15, 0.2) is 30.3 Å². The van der Waals surface area contributed by atoms with Crippen molar-refractivity contribution in [2.24, 2.45) is 0 Å². The quantitative estimate of drug-likeness (QED) is 0.686. The first-order valence-corrected chi connectivity index (χ1v) is 8.84. The van der Waals surface area contributed by atoms with E-state index in [0.717, 1.165) is 18.4 Å². The minimum Gasteiger partial charge on any atom is -0.481 e. The average Bonchev–Trinajstić information content (AvgIpc) is 2.58. The number of carboxylic acid groups (broad SMARTS) is 1. The van der Waals surface area contributed by atoms with Crippen molar-refractivity contribution in [1.82, 2.24) is 10.2 Å². The van der Waals surface area contributed by atoms with Crippen molar-refractivity contribution in [2.45, 2.75) is 65.0 Å². The summed E-state index contributed by atoms with van der Waals surface area (Å²) in [5, 5.41) is 12.0. The molecule has 0 aliphatic carbocycles. The zero-order valence-electron chi connectivity index (χ0n) is 15.0. The van der Waals surface area contributed by atoms with E-state index >= 15 is 0 Å². The van der Waals surface area contributed by atoms with E-state index in [1.165, 1.54) is 0 Å². The summed E-state index contributed by atoms with van der Waals surface area (Å²) in [5.74, 6) is -0.838. The normalized spacial score (nSPS) is 12.0. The number of carboxylic acids is 1. The summed E-state index contributed by atoms with van der Waals surface area (Å²) in [6, 6.07) is 9.78. The lowest BCUT2D eigenvalue weighted by atomic mass is 10.0. The van der Waals surface area contributed by atoms with Gasteiger partial charge in [0, 0.05) is 25.0 Å². The molecule has 5 heteroatoms. The molecule has 2 amide bonds. The molecule has 0 aromatic heterocycles. The fourth-order valence-corrected chi connectivity index (χ4v) is 2.98. The van der Waals surface area contributed by atoms with E-state index in [2.05, 4.69) is 19.2 Å². The largest absolute Gasteiger partial charge is 0.481 e. The number of carbonyl (C=O) groups is 2. The van der Waals surface area contributed by atoms with Gasteiger partial charge >= 0.3 is 12.0 Å². The third-order valence-corrected chi connectivity index (χ3v) is 4.34. The van der Waals surface area contributed by atoms with Gasteiger partial charge in [0.15, 0.2) is 0 Å². The van der Waals surface area contributed by atoms with Gasteiger partial charge in [-0.3, -0.25) is 4.79 Å². The fourth-order valence-electron chi connectivity index (χ4n) is 2.98. The number of benzene rings is 1. The molecule has 0 aliphatic heterocycles. The van der Waals surface area contributed by atoms with E-state index in [1.807, 2.05) is 42.2 Å². The molecule has 0 saturated heterocycles. The topological polar surface area (TPSA) is 69.6 Å². The van der Waals surface area contributed by atoms with Gasteiger partial charge in [-0.05, 0) is 38.2 Å².